The van der Waals surface area contributed by atoms with Gasteiger partial charge in [0.1, 0.15) is 12.4 Å². The lowest BCUT2D eigenvalue weighted by Crippen LogP contribution is -2.62. The van der Waals surface area contributed by atoms with E-state index in [1.165, 1.54) is 0 Å². The molecule has 0 unspecified atom stereocenters. The molecule has 4 fully saturated rings. The number of rotatable bonds is 1. The Morgan fingerprint density at radius 1 is 1.04 bits per heavy atom. The molecule has 0 amide bonds. The van der Waals surface area contributed by atoms with Gasteiger partial charge in [-0.3, -0.25) is 4.79 Å². The van der Waals surface area contributed by atoms with Gasteiger partial charge >= 0.3 is 5.97 Å². The number of ketones is 1. The van der Waals surface area contributed by atoms with Crippen molar-refractivity contribution in [3.8, 4) is 0 Å². The molecule has 27 heavy (non-hydrogen) atoms. The van der Waals surface area contributed by atoms with Crippen LogP contribution >= 0.6 is 0 Å². The molecule has 0 aromatic carbocycles. The van der Waals surface area contributed by atoms with Crippen molar-refractivity contribution < 1.29 is 19.4 Å². The summed E-state index contributed by atoms with van der Waals surface area (Å²) in [6, 6.07) is 0. The Labute approximate surface area is 161 Å². The zero-order valence-electron chi connectivity index (χ0n) is 16.6. The lowest BCUT2D eigenvalue weighted by molar-refractivity contribution is -0.203. The molecule has 4 saturated carbocycles. The highest BCUT2D eigenvalue weighted by molar-refractivity contribution is 5.85. The number of cyclic esters (lactones) is 1. The minimum absolute atomic E-state index is 0.165. The van der Waals surface area contributed by atoms with Crippen LogP contribution in [0, 0.1) is 34.5 Å². The number of esters is 1. The predicted molar refractivity (Wildman–Crippen MR) is 101 cm³/mol. The van der Waals surface area contributed by atoms with Gasteiger partial charge in [-0.25, -0.2) is 4.79 Å². The Kier molecular flexibility index (Phi) is 3.77. The van der Waals surface area contributed by atoms with Crippen LogP contribution in [0.4, 0.5) is 0 Å². The van der Waals surface area contributed by atoms with Crippen molar-refractivity contribution in [2.75, 3.05) is 6.61 Å². The van der Waals surface area contributed by atoms with Crippen LogP contribution in [0.2, 0.25) is 0 Å². The molecule has 0 bridgehead atoms. The quantitative estimate of drug-likeness (QED) is 0.711. The van der Waals surface area contributed by atoms with Gasteiger partial charge in [0.25, 0.3) is 0 Å². The highest BCUT2D eigenvalue weighted by atomic mass is 16.5. The number of carbonyl (C=O) groups excluding carboxylic acids is 2. The molecular weight excluding hydrogens is 340 g/mol. The second kappa shape index (κ2) is 5.68. The molecule has 0 aromatic rings. The molecule has 1 heterocycles. The van der Waals surface area contributed by atoms with Crippen molar-refractivity contribution in [2.24, 2.45) is 34.5 Å². The molecule has 0 saturated heterocycles. The number of hydrogen-bond acceptors (Lipinski definition) is 4. The summed E-state index contributed by atoms with van der Waals surface area (Å²) in [5.74, 6) is 1.83. The lowest BCUT2D eigenvalue weighted by Gasteiger charge is -2.63. The first-order valence-corrected chi connectivity index (χ1v) is 10.9. The molecule has 5 rings (SSSR count). The summed E-state index contributed by atoms with van der Waals surface area (Å²) in [6.07, 6.45) is 10.2. The van der Waals surface area contributed by atoms with Crippen molar-refractivity contribution in [1.82, 2.24) is 0 Å². The number of carbonyl (C=O) groups is 2. The highest BCUT2D eigenvalue weighted by Crippen LogP contribution is 2.69. The van der Waals surface area contributed by atoms with Gasteiger partial charge < -0.3 is 9.84 Å². The topological polar surface area (TPSA) is 63.6 Å². The van der Waals surface area contributed by atoms with Crippen LogP contribution in [-0.4, -0.2) is 29.1 Å². The first-order valence-electron chi connectivity index (χ1n) is 10.9. The molecule has 0 aromatic heterocycles. The smallest absolute Gasteiger partial charge is 0.331 e. The van der Waals surface area contributed by atoms with Crippen molar-refractivity contribution in [3.63, 3.8) is 0 Å². The summed E-state index contributed by atoms with van der Waals surface area (Å²) in [7, 11) is 0. The van der Waals surface area contributed by atoms with Gasteiger partial charge in [-0.1, -0.05) is 13.8 Å². The van der Waals surface area contributed by atoms with E-state index in [0.717, 1.165) is 63.4 Å². The van der Waals surface area contributed by atoms with E-state index in [0.29, 0.717) is 30.1 Å². The molecule has 7 atom stereocenters. The van der Waals surface area contributed by atoms with Crippen LogP contribution in [0.1, 0.15) is 71.6 Å². The molecule has 0 spiro atoms. The fourth-order valence-electron chi connectivity index (χ4n) is 8.20. The van der Waals surface area contributed by atoms with Crippen molar-refractivity contribution >= 4 is 11.8 Å². The van der Waals surface area contributed by atoms with Gasteiger partial charge in [0.15, 0.2) is 0 Å². The standard InChI is InChI=1S/C23H32O4/c1-21-8-5-16(24)12-15(21)3-4-19-18(21)6-9-22(2)17(7-10-23(19,22)26)14-11-20(25)27-13-14/h11,15,17-19,26H,3-10,12-13H2,1-2H3/t15-,17+,18+,19+,21-,22-,23+/m1/s1. The second-order valence-electron chi connectivity index (χ2n) is 10.5. The number of Topliss-reactive ketones (excluding diaryl/α,β-unsaturated/α-hetero) is 1. The molecule has 0 radical (unpaired) electrons. The van der Waals surface area contributed by atoms with Crippen LogP contribution in [0.5, 0.6) is 0 Å². The average molecular weight is 373 g/mol. The monoisotopic (exact) mass is 372 g/mol. The number of ether oxygens (including phenoxy) is 1. The van der Waals surface area contributed by atoms with Gasteiger partial charge in [0.2, 0.25) is 0 Å². The van der Waals surface area contributed by atoms with Gasteiger partial charge in [-0.05, 0) is 79.6 Å². The third-order valence-electron chi connectivity index (χ3n) is 9.80. The number of aliphatic hydroxyl groups is 1. The molecule has 1 aliphatic heterocycles. The first-order chi connectivity index (χ1) is 12.8. The van der Waals surface area contributed by atoms with Crippen LogP contribution in [0.15, 0.2) is 11.6 Å². The molecule has 148 valence electrons. The molecule has 4 nitrogen and oxygen atoms in total. The second-order valence-corrected chi connectivity index (χ2v) is 10.5. The van der Waals surface area contributed by atoms with Crippen molar-refractivity contribution in [1.29, 1.82) is 0 Å². The van der Waals surface area contributed by atoms with E-state index in [-0.39, 0.29) is 22.7 Å². The van der Waals surface area contributed by atoms with E-state index in [9.17, 15) is 14.7 Å². The van der Waals surface area contributed by atoms with Crippen LogP contribution in [0.25, 0.3) is 0 Å². The fourth-order valence-corrected chi connectivity index (χ4v) is 8.20. The van der Waals surface area contributed by atoms with E-state index in [1.807, 2.05) is 0 Å². The summed E-state index contributed by atoms with van der Waals surface area (Å²) in [6.45, 7) is 5.08. The van der Waals surface area contributed by atoms with E-state index >= 15 is 0 Å². The molecule has 4 aliphatic carbocycles. The zero-order valence-corrected chi connectivity index (χ0v) is 16.6. The van der Waals surface area contributed by atoms with Gasteiger partial charge in [-0.2, -0.15) is 0 Å². The van der Waals surface area contributed by atoms with E-state index < -0.39 is 5.60 Å². The van der Waals surface area contributed by atoms with Crippen molar-refractivity contribution in [2.45, 2.75) is 77.2 Å². The lowest BCUT2D eigenvalue weighted by atomic mass is 9.43. The zero-order chi connectivity index (χ0) is 19.0. The number of hydrogen-bond donors (Lipinski definition) is 1. The van der Waals surface area contributed by atoms with Crippen LogP contribution < -0.4 is 0 Å². The number of fused-ring (bicyclic) bond motifs is 5. The summed E-state index contributed by atoms with van der Waals surface area (Å²) in [4.78, 5) is 23.7. The Balaban J connectivity index is 1.48. The molecule has 1 N–H and O–H groups in total. The van der Waals surface area contributed by atoms with Crippen LogP contribution in [-0.2, 0) is 14.3 Å². The fraction of sp³-hybridized carbons (Fsp3) is 0.826. The maximum Gasteiger partial charge on any atom is 0.331 e. The Bertz CT molecular complexity index is 726. The minimum atomic E-state index is -0.650. The normalized spacial score (nSPS) is 51.9. The first kappa shape index (κ1) is 17.9. The van der Waals surface area contributed by atoms with Crippen LogP contribution in [0.3, 0.4) is 0 Å². The minimum Gasteiger partial charge on any atom is -0.458 e. The molecule has 5 aliphatic rings. The SMILES string of the molecule is C[C@@]12CCC(=O)C[C@H]1CC[C@H]1[C@@H]2CC[C@]2(C)[C@H](C3=CC(=O)OC3)CC[C@]12O. The predicted octanol–water partition coefficient (Wildman–Crippen LogP) is 3.81. The van der Waals surface area contributed by atoms with E-state index in [2.05, 4.69) is 13.8 Å². The molecular formula is C23H32O4. The largest absolute Gasteiger partial charge is 0.458 e. The average Bonchev–Trinajstić information content (AvgIpc) is 3.16. The Morgan fingerprint density at radius 3 is 2.59 bits per heavy atom. The van der Waals surface area contributed by atoms with Gasteiger partial charge in [0, 0.05) is 24.3 Å². The summed E-state index contributed by atoms with van der Waals surface area (Å²) >= 11 is 0. The maximum absolute atomic E-state index is 12.1. The summed E-state index contributed by atoms with van der Waals surface area (Å²) in [5.41, 5.74) is 0.488. The van der Waals surface area contributed by atoms with Gasteiger partial charge in [0.05, 0.1) is 5.60 Å². The molecule has 4 heteroatoms. The summed E-state index contributed by atoms with van der Waals surface area (Å²) < 4.78 is 5.19. The van der Waals surface area contributed by atoms with E-state index in [1.54, 1.807) is 6.08 Å². The third-order valence-corrected chi connectivity index (χ3v) is 9.80. The third kappa shape index (κ3) is 2.25. The van der Waals surface area contributed by atoms with Gasteiger partial charge in [-0.15, -0.1) is 0 Å². The Morgan fingerprint density at radius 2 is 1.85 bits per heavy atom. The van der Waals surface area contributed by atoms with E-state index in [4.69, 9.17) is 4.74 Å². The van der Waals surface area contributed by atoms with Crippen molar-refractivity contribution in [3.05, 3.63) is 11.6 Å². The highest BCUT2D eigenvalue weighted by Gasteiger charge is 2.67. The summed E-state index contributed by atoms with van der Waals surface area (Å²) in [5, 5.41) is 12.1. The Hall–Kier alpha value is -1.16. The maximum atomic E-state index is 12.1.